The molecule has 0 unspecified atom stereocenters. The fourth-order valence-electron chi connectivity index (χ4n) is 2.39. The molecule has 13 heteroatoms. The molecular weight excluding hydrogens is 464 g/mol. The van der Waals surface area contributed by atoms with Gasteiger partial charge in [-0.05, 0) is 38.1 Å². The van der Waals surface area contributed by atoms with Crippen molar-refractivity contribution in [3.8, 4) is 11.5 Å². The molecular formula is C23H36N10O3. The van der Waals surface area contributed by atoms with Crippen LogP contribution in [0.3, 0.4) is 0 Å². The van der Waals surface area contributed by atoms with Crippen molar-refractivity contribution < 1.29 is 15.0 Å². The number of hydrogen-bond acceptors (Lipinski definition) is 11. The van der Waals surface area contributed by atoms with E-state index >= 15 is 0 Å². The fraction of sp³-hybridized carbons (Fsp3) is 0.391. The highest BCUT2D eigenvalue weighted by molar-refractivity contribution is 5.96. The number of ketones is 1. The number of nitrogen functional groups attached to an aromatic ring is 2. The maximum atomic E-state index is 11.5. The molecule has 0 aliphatic carbocycles. The summed E-state index contributed by atoms with van der Waals surface area (Å²) in [5.41, 5.74) is 17.1. The van der Waals surface area contributed by atoms with E-state index in [2.05, 4.69) is 25.2 Å². The average Bonchev–Trinajstić information content (AvgIpc) is 3.34. The number of aliphatic imine (C=N–C) groups is 1. The van der Waals surface area contributed by atoms with E-state index in [9.17, 15) is 4.79 Å². The van der Waals surface area contributed by atoms with Gasteiger partial charge in [-0.2, -0.15) is 0 Å². The predicted molar refractivity (Wildman–Crippen MR) is 140 cm³/mol. The first-order valence-corrected chi connectivity index (χ1v) is 11.1. The first-order chi connectivity index (χ1) is 17.1. The molecule has 0 spiro atoms. The van der Waals surface area contributed by atoms with Gasteiger partial charge in [-0.25, -0.2) is 9.97 Å². The van der Waals surface area contributed by atoms with E-state index in [1.807, 2.05) is 21.0 Å². The molecule has 0 amide bonds. The quantitative estimate of drug-likeness (QED) is 0.161. The number of anilines is 2. The lowest BCUT2D eigenvalue weighted by Gasteiger charge is -2.11. The van der Waals surface area contributed by atoms with Gasteiger partial charge in [0.1, 0.15) is 35.9 Å². The summed E-state index contributed by atoms with van der Waals surface area (Å²) in [6.45, 7) is 3.82. The molecule has 0 radical (unpaired) electrons. The maximum Gasteiger partial charge on any atom is 0.202 e. The monoisotopic (exact) mass is 500 g/mol. The van der Waals surface area contributed by atoms with Crippen LogP contribution in [0.4, 0.5) is 11.6 Å². The average molecular weight is 501 g/mol. The third kappa shape index (κ3) is 11.0. The van der Waals surface area contributed by atoms with Gasteiger partial charge in [0.05, 0.1) is 25.6 Å². The van der Waals surface area contributed by atoms with Crippen molar-refractivity contribution in [3.63, 3.8) is 0 Å². The Labute approximate surface area is 210 Å². The molecule has 3 rings (SSSR count). The summed E-state index contributed by atoms with van der Waals surface area (Å²) in [6, 6.07) is 10.1. The number of aliphatic hydroxyl groups excluding tert-OH is 2. The second-order valence-electron chi connectivity index (χ2n) is 7.99. The van der Waals surface area contributed by atoms with Gasteiger partial charge in [0.2, 0.25) is 5.78 Å². The van der Waals surface area contributed by atoms with E-state index < -0.39 is 0 Å². The van der Waals surface area contributed by atoms with E-state index in [1.165, 1.54) is 0 Å². The number of pyridine rings is 2. The van der Waals surface area contributed by atoms with Crippen LogP contribution in [0.15, 0.2) is 47.7 Å². The van der Waals surface area contributed by atoms with Crippen LogP contribution in [0, 0.1) is 0 Å². The summed E-state index contributed by atoms with van der Waals surface area (Å²) in [6.07, 6.45) is 3.16. The number of nitrogens with zero attached hydrogens (tertiary/aromatic N) is 7. The lowest BCUT2D eigenvalue weighted by atomic mass is 10.2. The van der Waals surface area contributed by atoms with Gasteiger partial charge in [0.25, 0.3) is 0 Å². The highest BCUT2D eigenvalue weighted by atomic mass is 16.3. The molecule has 3 heterocycles. The Balaban J connectivity index is 0.000000305. The normalized spacial score (nSPS) is 12.1. The second-order valence-corrected chi connectivity index (χ2v) is 7.99. The highest BCUT2D eigenvalue weighted by Crippen LogP contribution is 2.18. The standard InChI is InChI=1S/C10H13N5O.C10H14N4O.C3H9NO/c1-7(5-16)15-6-12-14-10(15)8-3-2-4-9(11)13-8;1-14(2)7-12-6-9(15)8-4-3-5-10(11)13-8;1-3(4)2-5/h2-4,6-7,16H,5H2,1H3,(H2,11,13);3-5,7H,6H2,1-2H3,(H2,11,13);3,5H,2,4H2,1H3/t7-;;3-/m1.1/s1. The Morgan fingerprint density at radius 2 is 1.69 bits per heavy atom. The zero-order chi connectivity index (χ0) is 27.1. The van der Waals surface area contributed by atoms with E-state index in [0.717, 1.165) is 0 Å². The van der Waals surface area contributed by atoms with E-state index in [1.54, 1.807) is 65.5 Å². The number of carbonyl (C=O) groups excluding carboxylic acids is 1. The number of rotatable bonds is 8. The summed E-state index contributed by atoms with van der Waals surface area (Å²) in [5, 5.41) is 24.9. The van der Waals surface area contributed by atoms with Crippen LogP contribution in [0.25, 0.3) is 11.5 Å². The molecule has 0 fully saturated rings. The van der Waals surface area contributed by atoms with Crippen LogP contribution in [0.2, 0.25) is 0 Å². The largest absolute Gasteiger partial charge is 0.395 e. The van der Waals surface area contributed by atoms with E-state index in [-0.39, 0.29) is 37.6 Å². The smallest absolute Gasteiger partial charge is 0.202 e. The predicted octanol–water partition coefficient (Wildman–Crippen LogP) is 0.238. The van der Waals surface area contributed by atoms with Gasteiger partial charge in [0.15, 0.2) is 5.82 Å². The van der Waals surface area contributed by atoms with Crippen molar-refractivity contribution in [1.82, 2.24) is 29.6 Å². The van der Waals surface area contributed by atoms with Crippen molar-refractivity contribution in [2.75, 3.05) is 45.3 Å². The first kappa shape index (κ1) is 30.1. The van der Waals surface area contributed by atoms with Gasteiger partial charge in [-0.1, -0.05) is 12.1 Å². The Bertz CT molecular complexity index is 1090. The summed E-state index contributed by atoms with van der Waals surface area (Å²) in [7, 11) is 3.68. The number of aromatic nitrogens is 5. The number of aliphatic hydroxyl groups is 2. The van der Waals surface area contributed by atoms with Crippen molar-refractivity contribution in [2.24, 2.45) is 10.7 Å². The van der Waals surface area contributed by atoms with Crippen LogP contribution < -0.4 is 17.2 Å². The van der Waals surface area contributed by atoms with Crippen LogP contribution in [-0.4, -0.2) is 91.9 Å². The van der Waals surface area contributed by atoms with Gasteiger partial charge < -0.3 is 36.9 Å². The molecule has 8 N–H and O–H groups in total. The van der Waals surface area contributed by atoms with E-state index in [0.29, 0.717) is 28.8 Å². The van der Waals surface area contributed by atoms with Crippen molar-refractivity contribution >= 4 is 23.8 Å². The Kier molecular flexibility index (Phi) is 13.3. The zero-order valence-corrected chi connectivity index (χ0v) is 21.1. The lowest BCUT2D eigenvalue weighted by Crippen LogP contribution is -2.18. The van der Waals surface area contributed by atoms with Crippen LogP contribution in [0.5, 0.6) is 0 Å². The molecule has 0 bridgehead atoms. The summed E-state index contributed by atoms with van der Waals surface area (Å²) >= 11 is 0. The molecule has 0 aliphatic rings. The minimum absolute atomic E-state index is 0.0212. The molecule has 36 heavy (non-hydrogen) atoms. The molecule has 13 nitrogen and oxygen atoms in total. The van der Waals surface area contributed by atoms with Crippen LogP contribution in [0.1, 0.15) is 30.4 Å². The first-order valence-electron chi connectivity index (χ1n) is 11.1. The number of hydrogen-bond donors (Lipinski definition) is 5. The Morgan fingerprint density at radius 1 is 1.08 bits per heavy atom. The topological polar surface area (TPSA) is 208 Å². The lowest BCUT2D eigenvalue weighted by molar-refractivity contribution is 0.0997. The molecule has 0 saturated carbocycles. The maximum absolute atomic E-state index is 11.5. The van der Waals surface area contributed by atoms with Crippen LogP contribution >= 0.6 is 0 Å². The summed E-state index contributed by atoms with van der Waals surface area (Å²) in [4.78, 5) is 25.3. The number of Topliss-reactive ketones (excluding diaryl/α,β-unsaturated/α-hetero) is 1. The molecule has 3 aromatic rings. The Morgan fingerprint density at radius 3 is 2.22 bits per heavy atom. The third-order valence-corrected chi connectivity index (χ3v) is 4.20. The minimum Gasteiger partial charge on any atom is -0.395 e. The third-order valence-electron chi connectivity index (χ3n) is 4.20. The van der Waals surface area contributed by atoms with Crippen molar-refractivity contribution in [1.29, 1.82) is 0 Å². The second kappa shape index (κ2) is 15.9. The Hall–Kier alpha value is -3.94. The van der Waals surface area contributed by atoms with Gasteiger partial charge in [0, 0.05) is 20.1 Å². The van der Waals surface area contributed by atoms with Crippen LogP contribution in [-0.2, 0) is 0 Å². The van der Waals surface area contributed by atoms with Gasteiger partial charge in [-0.15, -0.1) is 10.2 Å². The fourth-order valence-corrected chi connectivity index (χ4v) is 2.39. The molecule has 0 saturated heterocycles. The highest BCUT2D eigenvalue weighted by Gasteiger charge is 2.13. The SMILES string of the molecule is CN(C)C=NCC(=O)c1cccc(N)n1.C[C@@H](N)CO.C[C@H](CO)n1cnnc1-c1cccc(N)n1. The van der Waals surface area contributed by atoms with Crippen molar-refractivity contribution in [3.05, 3.63) is 48.4 Å². The van der Waals surface area contributed by atoms with Crippen molar-refractivity contribution in [2.45, 2.75) is 25.9 Å². The summed E-state index contributed by atoms with van der Waals surface area (Å²) < 4.78 is 1.77. The zero-order valence-electron chi connectivity index (χ0n) is 21.1. The molecule has 2 atom stereocenters. The van der Waals surface area contributed by atoms with E-state index in [4.69, 9.17) is 27.4 Å². The molecule has 196 valence electrons. The number of carbonyl (C=O) groups is 1. The van der Waals surface area contributed by atoms with Gasteiger partial charge >= 0.3 is 0 Å². The minimum atomic E-state index is -0.139. The summed E-state index contributed by atoms with van der Waals surface area (Å²) in [5.74, 6) is 1.25. The number of nitrogens with two attached hydrogens (primary N) is 3. The molecule has 3 aromatic heterocycles. The molecule has 0 aromatic carbocycles. The van der Waals surface area contributed by atoms with Gasteiger partial charge in [-0.3, -0.25) is 9.79 Å². The molecule has 0 aliphatic heterocycles.